The van der Waals surface area contributed by atoms with E-state index in [4.69, 9.17) is 4.74 Å². The summed E-state index contributed by atoms with van der Waals surface area (Å²) in [6.07, 6.45) is 6.36. The van der Waals surface area contributed by atoms with Gasteiger partial charge in [0.25, 0.3) is 0 Å². The van der Waals surface area contributed by atoms with Crippen molar-refractivity contribution in [2.75, 3.05) is 18.2 Å². The number of anilines is 1. The molecule has 1 N–H and O–H groups in total. The molecule has 3 rings (SSSR count). The Morgan fingerprint density at radius 3 is 2.63 bits per heavy atom. The van der Waals surface area contributed by atoms with E-state index in [-0.39, 0.29) is 17.6 Å². The van der Waals surface area contributed by atoms with Gasteiger partial charge in [0.05, 0.1) is 18.4 Å². The molecule has 0 bridgehead atoms. The number of hydrogen-bond acceptors (Lipinski definition) is 7. The molecular weight excluding hydrogens is 384 g/mol. The Labute approximate surface area is 166 Å². The zero-order valence-corrected chi connectivity index (χ0v) is 17.5. The molecule has 0 fully saturated rings. The molecular formula is C18H24N4O3S2. The predicted molar refractivity (Wildman–Crippen MR) is 107 cm³/mol. The first-order valence-corrected chi connectivity index (χ1v) is 10.8. The summed E-state index contributed by atoms with van der Waals surface area (Å²) in [5.41, 5.74) is 1.59. The van der Waals surface area contributed by atoms with Gasteiger partial charge in [0.15, 0.2) is 5.16 Å². The number of methoxy groups -OCH3 is 1. The average molecular weight is 409 g/mol. The van der Waals surface area contributed by atoms with Crippen molar-refractivity contribution in [3.63, 3.8) is 0 Å². The van der Waals surface area contributed by atoms with E-state index in [0.29, 0.717) is 15.7 Å². The fourth-order valence-corrected chi connectivity index (χ4v) is 5.18. The van der Waals surface area contributed by atoms with Gasteiger partial charge in [-0.1, -0.05) is 24.6 Å². The standard InChI is InChI=1S/C18H24N4O3S2/c1-11-20-21-18(22(11)2)26-10-14(23)19-16-15(17(24)25-3)12-8-6-4-5-7-9-13(12)27-16/h4-10H2,1-3H3,(H,19,23). The molecule has 1 aliphatic carbocycles. The van der Waals surface area contributed by atoms with Crippen LogP contribution >= 0.6 is 23.1 Å². The summed E-state index contributed by atoms with van der Waals surface area (Å²) in [7, 11) is 3.25. The van der Waals surface area contributed by atoms with E-state index in [1.165, 1.54) is 47.9 Å². The van der Waals surface area contributed by atoms with Crippen LogP contribution in [-0.2, 0) is 29.4 Å². The summed E-state index contributed by atoms with van der Waals surface area (Å²) < 4.78 is 6.83. The highest BCUT2D eigenvalue weighted by Gasteiger charge is 2.26. The normalized spacial score (nSPS) is 14.2. The molecule has 2 heterocycles. The minimum atomic E-state index is -0.375. The van der Waals surface area contributed by atoms with Gasteiger partial charge in [0, 0.05) is 11.9 Å². The number of carbonyl (C=O) groups excluding carboxylic acids is 2. The van der Waals surface area contributed by atoms with Crippen molar-refractivity contribution in [1.82, 2.24) is 14.8 Å². The number of thiophene rings is 1. The molecule has 0 radical (unpaired) electrons. The largest absolute Gasteiger partial charge is 0.465 e. The van der Waals surface area contributed by atoms with Crippen LogP contribution in [0.25, 0.3) is 0 Å². The number of fused-ring (bicyclic) bond motifs is 1. The quantitative estimate of drug-likeness (QED) is 0.603. The monoisotopic (exact) mass is 408 g/mol. The van der Waals surface area contributed by atoms with E-state index in [1.54, 1.807) is 0 Å². The molecule has 2 aromatic heterocycles. The zero-order valence-electron chi connectivity index (χ0n) is 15.8. The topological polar surface area (TPSA) is 86.1 Å². The maximum atomic E-state index is 12.5. The second-order valence-corrected chi connectivity index (χ2v) is 8.59. The number of amides is 1. The lowest BCUT2D eigenvalue weighted by Crippen LogP contribution is -2.16. The SMILES string of the molecule is COC(=O)c1c(NC(=O)CSc2nnc(C)n2C)sc2c1CCCCCC2. The minimum Gasteiger partial charge on any atom is -0.465 e. The maximum Gasteiger partial charge on any atom is 0.341 e. The third-order valence-corrected chi connectivity index (χ3v) is 6.93. The van der Waals surface area contributed by atoms with Crippen molar-refractivity contribution >= 4 is 40.0 Å². The van der Waals surface area contributed by atoms with Gasteiger partial charge in [-0.15, -0.1) is 21.5 Å². The molecule has 0 atom stereocenters. The second-order valence-electron chi connectivity index (χ2n) is 6.54. The summed E-state index contributed by atoms with van der Waals surface area (Å²) in [5.74, 6) is 0.457. The summed E-state index contributed by atoms with van der Waals surface area (Å²) in [4.78, 5) is 26.1. The number of nitrogens with one attached hydrogen (secondary N) is 1. The summed E-state index contributed by atoms with van der Waals surface area (Å²) in [6.45, 7) is 1.86. The van der Waals surface area contributed by atoms with Crippen LogP contribution in [0.15, 0.2) is 5.16 Å². The number of hydrogen-bond donors (Lipinski definition) is 1. The number of esters is 1. The molecule has 1 aliphatic rings. The van der Waals surface area contributed by atoms with E-state index in [0.717, 1.165) is 37.1 Å². The van der Waals surface area contributed by atoms with Crippen molar-refractivity contribution in [1.29, 1.82) is 0 Å². The number of ether oxygens (including phenoxy) is 1. The molecule has 0 unspecified atom stereocenters. The smallest absolute Gasteiger partial charge is 0.341 e. The van der Waals surface area contributed by atoms with Crippen LogP contribution in [0.5, 0.6) is 0 Å². The Morgan fingerprint density at radius 1 is 1.22 bits per heavy atom. The molecule has 146 valence electrons. The van der Waals surface area contributed by atoms with Crippen LogP contribution in [0.2, 0.25) is 0 Å². The van der Waals surface area contributed by atoms with Gasteiger partial charge in [0.2, 0.25) is 5.91 Å². The van der Waals surface area contributed by atoms with Gasteiger partial charge in [-0.05, 0) is 38.2 Å². The number of aryl methyl sites for hydroxylation is 2. The molecule has 0 aromatic carbocycles. The zero-order chi connectivity index (χ0) is 19.4. The van der Waals surface area contributed by atoms with Crippen molar-refractivity contribution < 1.29 is 14.3 Å². The highest BCUT2D eigenvalue weighted by atomic mass is 32.2. The lowest BCUT2D eigenvalue weighted by atomic mass is 9.96. The maximum absolute atomic E-state index is 12.5. The van der Waals surface area contributed by atoms with Crippen LogP contribution in [0.1, 0.15) is 52.3 Å². The fourth-order valence-electron chi connectivity index (χ4n) is 3.13. The van der Waals surface area contributed by atoms with Crippen molar-refractivity contribution in [3.8, 4) is 0 Å². The Bertz CT molecular complexity index is 844. The second kappa shape index (κ2) is 8.88. The molecule has 0 aliphatic heterocycles. The lowest BCUT2D eigenvalue weighted by molar-refractivity contribution is -0.113. The molecule has 27 heavy (non-hydrogen) atoms. The molecule has 0 spiro atoms. The van der Waals surface area contributed by atoms with Crippen molar-refractivity contribution in [3.05, 3.63) is 21.8 Å². The van der Waals surface area contributed by atoms with Gasteiger partial charge in [-0.2, -0.15) is 0 Å². The number of thioether (sulfide) groups is 1. The average Bonchev–Trinajstić information content (AvgIpc) is 3.12. The lowest BCUT2D eigenvalue weighted by Gasteiger charge is -2.11. The van der Waals surface area contributed by atoms with E-state index in [1.807, 2.05) is 18.5 Å². The van der Waals surface area contributed by atoms with E-state index < -0.39 is 0 Å². The third-order valence-electron chi connectivity index (χ3n) is 4.70. The summed E-state index contributed by atoms with van der Waals surface area (Å²) in [6, 6.07) is 0. The van der Waals surface area contributed by atoms with Crippen LogP contribution in [0.3, 0.4) is 0 Å². The first-order valence-electron chi connectivity index (χ1n) is 9.02. The van der Waals surface area contributed by atoms with Gasteiger partial charge >= 0.3 is 5.97 Å². The van der Waals surface area contributed by atoms with Crippen molar-refractivity contribution in [2.24, 2.45) is 7.05 Å². The van der Waals surface area contributed by atoms with Crippen LogP contribution in [0, 0.1) is 6.92 Å². The number of carbonyl (C=O) groups is 2. The van der Waals surface area contributed by atoms with Crippen LogP contribution in [-0.4, -0.2) is 39.5 Å². The predicted octanol–water partition coefficient (Wildman–Crippen LogP) is 3.36. The van der Waals surface area contributed by atoms with E-state index >= 15 is 0 Å². The Hall–Kier alpha value is -1.87. The van der Waals surface area contributed by atoms with Crippen molar-refractivity contribution in [2.45, 2.75) is 50.6 Å². The fraction of sp³-hybridized carbons (Fsp3) is 0.556. The van der Waals surface area contributed by atoms with E-state index in [2.05, 4.69) is 15.5 Å². The Balaban J connectivity index is 1.76. The number of aromatic nitrogens is 3. The highest BCUT2D eigenvalue weighted by molar-refractivity contribution is 7.99. The third kappa shape index (κ3) is 4.52. The molecule has 9 heteroatoms. The molecule has 2 aromatic rings. The summed E-state index contributed by atoms with van der Waals surface area (Å²) >= 11 is 2.83. The van der Waals surface area contributed by atoms with Crippen LogP contribution in [0.4, 0.5) is 5.00 Å². The number of nitrogens with zero attached hydrogens (tertiary/aromatic N) is 3. The van der Waals surface area contributed by atoms with Gasteiger partial charge in [-0.3, -0.25) is 4.79 Å². The molecule has 1 amide bonds. The van der Waals surface area contributed by atoms with Gasteiger partial charge < -0.3 is 14.6 Å². The molecule has 0 saturated carbocycles. The summed E-state index contributed by atoms with van der Waals surface area (Å²) in [5, 5.41) is 12.3. The minimum absolute atomic E-state index is 0.167. The highest BCUT2D eigenvalue weighted by Crippen LogP contribution is 2.37. The number of rotatable bonds is 5. The Morgan fingerprint density at radius 2 is 1.96 bits per heavy atom. The van der Waals surface area contributed by atoms with Crippen LogP contribution < -0.4 is 5.32 Å². The Kier molecular flexibility index (Phi) is 6.54. The van der Waals surface area contributed by atoms with E-state index in [9.17, 15) is 9.59 Å². The van der Waals surface area contributed by atoms with Gasteiger partial charge in [0.1, 0.15) is 10.8 Å². The molecule has 7 nitrogen and oxygen atoms in total. The molecule has 0 saturated heterocycles. The van der Waals surface area contributed by atoms with Gasteiger partial charge in [-0.25, -0.2) is 4.79 Å². The first-order chi connectivity index (χ1) is 13.0. The first kappa shape index (κ1) is 19.9.